The second-order valence-electron chi connectivity index (χ2n) is 5.80. The topological polar surface area (TPSA) is 46.9 Å². The Morgan fingerprint density at radius 3 is 2.86 bits per heavy atom. The van der Waals surface area contributed by atoms with Gasteiger partial charge in [-0.2, -0.15) is 5.10 Å². The predicted octanol–water partition coefficient (Wildman–Crippen LogP) is 2.98. The molecule has 2 aromatic carbocycles. The molecule has 0 saturated heterocycles. The Kier molecular flexibility index (Phi) is 3.15. The van der Waals surface area contributed by atoms with Gasteiger partial charge in [0.25, 0.3) is 0 Å². The van der Waals surface area contributed by atoms with E-state index in [0.717, 1.165) is 24.0 Å². The van der Waals surface area contributed by atoms with Crippen molar-refractivity contribution in [2.24, 2.45) is 0 Å². The highest BCUT2D eigenvalue weighted by Crippen LogP contribution is 2.28. The van der Waals surface area contributed by atoms with E-state index in [2.05, 4.69) is 40.7 Å². The van der Waals surface area contributed by atoms with E-state index in [0.29, 0.717) is 6.04 Å². The first-order valence-electron chi connectivity index (χ1n) is 7.59. The number of hydrogen-bond acceptors (Lipinski definition) is 2. The van der Waals surface area contributed by atoms with Gasteiger partial charge in [0, 0.05) is 17.8 Å². The largest absolute Gasteiger partial charge is 0.352 e. The third-order valence-electron chi connectivity index (χ3n) is 3.98. The molecule has 0 bridgehead atoms. The van der Waals surface area contributed by atoms with E-state index in [1.165, 1.54) is 10.8 Å². The molecule has 1 saturated carbocycles. The lowest BCUT2D eigenvalue weighted by Crippen LogP contribution is -2.29. The van der Waals surface area contributed by atoms with Gasteiger partial charge in [-0.25, -0.2) is 0 Å². The van der Waals surface area contributed by atoms with Gasteiger partial charge in [-0.15, -0.1) is 0 Å². The van der Waals surface area contributed by atoms with Crippen molar-refractivity contribution < 1.29 is 4.79 Å². The maximum absolute atomic E-state index is 11.8. The number of benzene rings is 2. The number of nitrogens with zero attached hydrogens (tertiary/aromatic N) is 2. The van der Waals surface area contributed by atoms with Gasteiger partial charge < -0.3 is 5.32 Å². The Morgan fingerprint density at radius 1 is 1.18 bits per heavy atom. The molecule has 110 valence electrons. The van der Waals surface area contributed by atoms with Crippen LogP contribution in [0.1, 0.15) is 12.8 Å². The molecule has 22 heavy (non-hydrogen) atoms. The highest BCUT2D eigenvalue weighted by atomic mass is 16.2. The van der Waals surface area contributed by atoms with Gasteiger partial charge in [-0.05, 0) is 29.2 Å². The van der Waals surface area contributed by atoms with Gasteiger partial charge in [0.15, 0.2) is 0 Å². The van der Waals surface area contributed by atoms with Crippen LogP contribution in [0.15, 0.2) is 54.9 Å². The van der Waals surface area contributed by atoms with Gasteiger partial charge in [0.1, 0.15) is 6.54 Å². The second kappa shape index (κ2) is 5.30. The lowest BCUT2D eigenvalue weighted by molar-refractivity contribution is -0.122. The lowest BCUT2D eigenvalue weighted by Gasteiger charge is -2.04. The third-order valence-corrected chi connectivity index (χ3v) is 3.98. The zero-order chi connectivity index (χ0) is 14.9. The van der Waals surface area contributed by atoms with Crippen molar-refractivity contribution >= 4 is 16.7 Å². The van der Waals surface area contributed by atoms with Crippen molar-refractivity contribution in [3.05, 3.63) is 54.9 Å². The normalized spacial score (nSPS) is 14.2. The van der Waals surface area contributed by atoms with Crippen LogP contribution in [0.25, 0.3) is 21.9 Å². The maximum Gasteiger partial charge on any atom is 0.241 e. The summed E-state index contributed by atoms with van der Waals surface area (Å²) in [6.07, 6.45) is 5.97. The average Bonchev–Trinajstić information content (AvgIpc) is 3.22. The summed E-state index contributed by atoms with van der Waals surface area (Å²) in [4.78, 5) is 11.8. The van der Waals surface area contributed by atoms with Crippen LogP contribution in [-0.4, -0.2) is 21.7 Å². The number of aromatic nitrogens is 2. The fourth-order valence-corrected chi connectivity index (χ4v) is 2.71. The van der Waals surface area contributed by atoms with Crippen LogP contribution < -0.4 is 5.32 Å². The molecule has 1 heterocycles. The Labute approximate surface area is 128 Å². The summed E-state index contributed by atoms with van der Waals surface area (Å²) in [5.74, 6) is 0.0371. The first kappa shape index (κ1) is 13.1. The fourth-order valence-electron chi connectivity index (χ4n) is 2.71. The standard InChI is InChI=1S/C18H17N3O/c22-18(20-15-8-9-15)12-21-11-14(10-19-21)17-7-3-5-13-4-1-2-6-16(13)17/h1-7,10-11,15H,8-9,12H2,(H,20,22). The molecule has 4 nitrogen and oxygen atoms in total. The molecule has 0 atom stereocenters. The molecule has 1 aliphatic rings. The zero-order valence-electron chi connectivity index (χ0n) is 12.2. The first-order chi connectivity index (χ1) is 10.8. The monoisotopic (exact) mass is 291 g/mol. The van der Waals surface area contributed by atoms with Crippen molar-refractivity contribution in [1.29, 1.82) is 0 Å². The summed E-state index contributed by atoms with van der Waals surface area (Å²) in [6.45, 7) is 0.279. The van der Waals surface area contributed by atoms with E-state index in [-0.39, 0.29) is 12.5 Å². The first-order valence-corrected chi connectivity index (χ1v) is 7.59. The Bertz CT molecular complexity index is 828. The zero-order valence-corrected chi connectivity index (χ0v) is 12.2. The van der Waals surface area contributed by atoms with E-state index >= 15 is 0 Å². The van der Waals surface area contributed by atoms with E-state index in [1.54, 1.807) is 4.68 Å². The van der Waals surface area contributed by atoms with Crippen LogP contribution in [-0.2, 0) is 11.3 Å². The average molecular weight is 291 g/mol. The van der Waals surface area contributed by atoms with Crippen molar-refractivity contribution in [2.75, 3.05) is 0 Å². The molecule has 0 spiro atoms. The Hall–Kier alpha value is -2.62. The SMILES string of the molecule is O=C(Cn1cc(-c2cccc3ccccc23)cn1)NC1CC1. The summed E-state index contributed by atoms with van der Waals surface area (Å²) in [5.41, 5.74) is 2.18. The van der Waals surface area contributed by atoms with Gasteiger partial charge >= 0.3 is 0 Å². The minimum Gasteiger partial charge on any atom is -0.352 e. The van der Waals surface area contributed by atoms with Crippen LogP contribution in [0.3, 0.4) is 0 Å². The third kappa shape index (κ3) is 2.60. The number of fused-ring (bicyclic) bond motifs is 1. The number of carbonyl (C=O) groups excluding carboxylic acids is 1. The quantitative estimate of drug-likeness (QED) is 0.803. The number of nitrogens with one attached hydrogen (secondary N) is 1. The molecular weight excluding hydrogens is 274 g/mol. The van der Waals surface area contributed by atoms with Crippen molar-refractivity contribution in [1.82, 2.24) is 15.1 Å². The van der Waals surface area contributed by atoms with Crippen molar-refractivity contribution in [2.45, 2.75) is 25.4 Å². The van der Waals surface area contributed by atoms with Crippen LogP contribution in [0.5, 0.6) is 0 Å². The number of carbonyl (C=O) groups is 1. The number of rotatable bonds is 4. The Morgan fingerprint density at radius 2 is 2.00 bits per heavy atom. The van der Waals surface area contributed by atoms with Gasteiger partial charge in [0.05, 0.1) is 6.20 Å². The molecule has 1 amide bonds. The summed E-state index contributed by atoms with van der Waals surface area (Å²) in [7, 11) is 0. The summed E-state index contributed by atoms with van der Waals surface area (Å²) in [6, 6.07) is 14.9. The van der Waals surface area contributed by atoms with E-state index in [9.17, 15) is 4.79 Å². The highest BCUT2D eigenvalue weighted by Gasteiger charge is 2.23. The van der Waals surface area contributed by atoms with Gasteiger partial charge in [-0.1, -0.05) is 42.5 Å². The molecular formula is C18H17N3O. The second-order valence-corrected chi connectivity index (χ2v) is 5.80. The molecule has 4 rings (SSSR count). The molecule has 0 unspecified atom stereocenters. The maximum atomic E-state index is 11.8. The number of amides is 1. The summed E-state index contributed by atoms with van der Waals surface area (Å²) >= 11 is 0. The van der Waals surface area contributed by atoms with Crippen LogP contribution in [0.4, 0.5) is 0 Å². The molecule has 1 aliphatic carbocycles. The van der Waals surface area contributed by atoms with E-state index < -0.39 is 0 Å². The molecule has 3 aromatic rings. The van der Waals surface area contributed by atoms with Gasteiger partial charge in [-0.3, -0.25) is 9.48 Å². The van der Waals surface area contributed by atoms with E-state index in [4.69, 9.17) is 0 Å². The molecule has 4 heteroatoms. The Balaban J connectivity index is 1.61. The van der Waals surface area contributed by atoms with Crippen LogP contribution in [0, 0.1) is 0 Å². The van der Waals surface area contributed by atoms with Crippen molar-refractivity contribution in [3.63, 3.8) is 0 Å². The van der Waals surface area contributed by atoms with Crippen molar-refractivity contribution in [3.8, 4) is 11.1 Å². The molecule has 0 radical (unpaired) electrons. The minimum absolute atomic E-state index is 0.0371. The number of hydrogen-bond donors (Lipinski definition) is 1. The smallest absolute Gasteiger partial charge is 0.241 e. The molecule has 1 aromatic heterocycles. The highest BCUT2D eigenvalue weighted by molar-refractivity contribution is 5.96. The van der Waals surface area contributed by atoms with Crippen LogP contribution >= 0.6 is 0 Å². The molecule has 0 aliphatic heterocycles. The molecule has 1 fully saturated rings. The van der Waals surface area contributed by atoms with E-state index in [1.807, 2.05) is 24.5 Å². The lowest BCUT2D eigenvalue weighted by atomic mass is 10.0. The predicted molar refractivity (Wildman–Crippen MR) is 86.3 cm³/mol. The minimum atomic E-state index is 0.0371. The molecule has 1 N–H and O–H groups in total. The van der Waals surface area contributed by atoms with Gasteiger partial charge in [0.2, 0.25) is 5.91 Å². The summed E-state index contributed by atoms with van der Waals surface area (Å²) < 4.78 is 1.70. The summed E-state index contributed by atoms with van der Waals surface area (Å²) in [5, 5.41) is 9.71. The fraction of sp³-hybridized carbons (Fsp3) is 0.222. The van der Waals surface area contributed by atoms with Crippen LogP contribution in [0.2, 0.25) is 0 Å².